The number of phenolic OH excluding ortho intramolecular Hbond substituents is 1. The molecule has 3 N–H and O–H groups in total. The molecule has 0 aliphatic carbocycles. The Bertz CT molecular complexity index is 622. The fraction of sp³-hybridized carbons (Fsp3) is 0.273. The summed E-state index contributed by atoms with van der Waals surface area (Å²) >= 11 is 0. The van der Waals surface area contributed by atoms with Crippen molar-refractivity contribution in [2.24, 2.45) is 0 Å². The number of nitrogens with zero attached hydrogens (tertiary/aromatic N) is 2. The molecule has 0 radical (unpaired) electrons. The maximum atomic E-state index is 11.0. The predicted octanol–water partition coefficient (Wildman–Crippen LogP) is 0.340. The average molecular weight is 313 g/mol. The van der Waals surface area contributed by atoms with Crippen molar-refractivity contribution in [3.05, 3.63) is 37.9 Å². The minimum atomic E-state index is -1.42. The number of phenols is 1. The van der Waals surface area contributed by atoms with E-state index in [2.05, 4.69) is 5.32 Å². The largest absolute Gasteiger partial charge is 0.497 e. The number of carboxylic acids is 1. The number of hydrogen-bond acceptors (Lipinski definition) is 7. The Labute approximate surface area is 122 Å². The fourth-order valence-electron chi connectivity index (χ4n) is 1.74. The zero-order chi connectivity index (χ0) is 17.0. The SMILES string of the molecule is CC(=O)N[C@H](Cc1cc([N+](=O)[O-])c(O)c([N+](=O)[O-])c1)C(=O)O. The number of nitro groups is 2. The Kier molecular flexibility index (Phi) is 4.95. The van der Waals surface area contributed by atoms with Crippen LogP contribution in [0, 0.1) is 20.2 Å². The van der Waals surface area contributed by atoms with Crippen LogP contribution in [0.3, 0.4) is 0 Å². The molecule has 0 aliphatic rings. The van der Waals surface area contributed by atoms with Gasteiger partial charge in [0.25, 0.3) is 5.75 Å². The lowest BCUT2D eigenvalue weighted by molar-refractivity contribution is -0.396. The number of carbonyl (C=O) groups is 2. The lowest BCUT2D eigenvalue weighted by Gasteiger charge is -2.13. The van der Waals surface area contributed by atoms with Crippen molar-refractivity contribution in [1.29, 1.82) is 0 Å². The molecule has 0 saturated heterocycles. The first-order valence-electron chi connectivity index (χ1n) is 5.78. The van der Waals surface area contributed by atoms with Crippen LogP contribution < -0.4 is 5.32 Å². The van der Waals surface area contributed by atoms with Crippen molar-refractivity contribution < 1.29 is 29.6 Å². The van der Waals surface area contributed by atoms with Crippen LogP contribution in [-0.2, 0) is 16.0 Å². The van der Waals surface area contributed by atoms with Crippen molar-refractivity contribution in [2.75, 3.05) is 0 Å². The lowest BCUT2D eigenvalue weighted by Crippen LogP contribution is -2.41. The van der Waals surface area contributed by atoms with Crippen LogP contribution in [-0.4, -0.2) is 38.0 Å². The Morgan fingerprint density at radius 2 is 1.68 bits per heavy atom. The van der Waals surface area contributed by atoms with E-state index in [-0.39, 0.29) is 5.56 Å². The molecule has 1 atom stereocenters. The summed E-state index contributed by atoms with van der Waals surface area (Å²) < 4.78 is 0. The van der Waals surface area contributed by atoms with E-state index in [4.69, 9.17) is 5.11 Å². The third-order valence-electron chi connectivity index (χ3n) is 2.64. The molecule has 118 valence electrons. The van der Waals surface area contributed by atoms with E-state index in [1.807, 2.05) is 0 Å². The quantitative estimate of drug-likeness (QED) is 0.497. The molecule has 0 bridgehead atoms. The molecule has 11 heteroatoms. The van der Waals surface area contributed by atoms with Crippen LogP contribution in [0.15, 0.2) is 12.1 Å². The van der Waals surface area contributed by atoms with Gasteiger partial charge in [0.05, 0.1) is 9.85 Å². The molecule has 22 heavy (non-hydrogen) atoms. The number of carbonyl (C=O) groups excluding carboxylic acids is 1. The summed E-state index contributed by atoms with van der Waals surface area (Å²) in [5, 5.41) is 42.1. The normalized spacial score (nSPS) is 11.5. The van der Waals surface area contributed by atoms with Gasteiger partial charge in [-0.25, -0.2) is 4.79 Å². The fourth-order valence-corrected chi connectivity index (χ4v) is 1.74. The summed E-state index contributed by atoms with van der Waals surface area (Å²) in [5.41, 5.74) is -1.93. The topological polar surface area (TPSA) is 173 Å². The van der Waals surface area contributed by atoms with E-state index in [0.717, 1.165) is 19.1 Å². The third kappa shape index (κ3) is 3.88. The minimum Gasteiger partial charge on any atom is -0.497 e. The van der Waals surface area contributed by atoms with E-state index < -0.39 is 51.3 Å². The maximum Gasteiger partial charge on any atom is 0.326 e. The highest BCUT2D eigenvalue weighted by Crippen LogP contribution is 2.36. The van der Waals surface area contributed by atoms with E-state index in [9.17, 15) is 34.9 Å². The highest BCUT2D eigenvalue weighted by Gasteiger charge is 2.28. The molecule has 1 aromatic rings. The summed E-state index contributed by atoms with van der Waals surface area (Å²) in [6.07, 6.45) is -0.420. The number of amides is 1. The molecule has 11 nitrogen and oxygen atoms in total. The number of hydrogen-bond donors (Lipinski definition) is 3. The van der Waals surface area contributed by atoms with Gasteiger partial charge in [-0.1, -0.05) is 0 Å². The molecule has 0 spiro atoms. The minimum absolute atomic E-state index is 0.0858. The predicted molar refractivity (Wildman–Crippen MR) is 70.4 cm³/mol. The number of benzene rings is 1. The molecule has 0 heterocycles. The first-order chi connectivity index (χ1) is 10.1. The van der Waals surface area contributed by atoms with Gasteiger partial charge in [-0.2, -0.15) is 0 Å². The number of nitro benzene ring substituents is 2. The van der Waals surface area contributed by atoms with Crippen molar-refractivity contribution in [3.8, 4) is 5.75 Å². The number of rotatable bonds is 6. The molecular weight excluding hydrogens is 302 g/mol. The Morgan fingerprint density at radius 3 is 2.00 bits per heavy atom. The van der Waals surface area contributed by atoms with Crippen molar-refractivity contribution in [3.63, 3.8) is 0 Å². The smallest absolute Gasteiger partial charge is 0.326 e. The van der Waals surface area contributed by atoms with Crippen LogP contribution in [0.5, 0.6) is 5.75 Å². The van der Waals surface area contributed by atoms with Gasteiger partial charge in [0.1, 0.15) is 6.04 Å². The van der Waals surface area contributed by atoms with Gasteiger partial charge in [-0.3, -0.25) is 25.0 Å². The van der Waals surface area contributed by atoms with Gasteiger partial charge in [0, 0.05) is 25.5 Å². The molecule has 0 aliphatic heterocycles. The lowest BCUT2D eigenvalue weighted by atomic mass is 10.0. The summed E-state index contributed by atoms with van der Waals surface area (Å²) in [7, 11) is 0. The Balaban J connectivity index is 3.29. The van der Waals surface area contributed by atoms with E-state index in [0.29, 0.717) is 0 Å². The zero-order valence-electron chi connectivity index (χ0n) is 11.2. The molecule has 0 unspecified atom stereocenters. The zero-order valence-corrected chi connectivity index (χ0v) is 11.2. The highest BCUT2D eigenvalue weighted by atomic mass is 16.6. The first-order valence-corrected chi connectivity index (χ1v) is 5.78. The van der Waals surface area contributed by atoms with Crippen LogP contribution in [0.2, 0.25) is 0 Å². The van der Waals surface area contributed by atoms with E-state index in [1.54, 1.807) is 0 Å². The van der Waals surface area contributed by atoms with Crippen LogP contribution >= 0.6 is 0 Å². The molecule has 0 aromatic heterocycles. The molecule has 0 saturated carbocycles. The van der Waals surface area contributed by atoms with Crippen molar-refractivity contribution >= 4 is 23.3 Å². The van der Waals surface area contributed by atoms with E-state index in [1.165, 1.54) is 0 Å². The van der Waals surface area contributed by atoms with Gasteiger partial charge in [0.2, 0.25) is 5.91 Å². The molecule has 1 aromatic carbocycles. The highest BCUT2D eigenvalue weighted by molar-refractivity contribution is 5.82. The summed E-state index contributed by atoms with van der Waals surface area (Å²) in [6, 6.07) is 0.224. The third-order valence-corrected chi connectivity index (χ3v) is 2.64. The molecular formula is C11H11N3O8. The van der Waals surface area contributed by atoms with Gasteiger partial charge in [0.15, 0.2) is 0 Å². The van der Waals surface area contributed by atoms with Crippen molar-refractivity contribution in [1.82, 2.24) is 5.32 Å². The summed E-state index contributed by atoms with van der Waals surface area (Å²) in [6.45, 7) is 1.08. The van der Waals surface area contributed by atoms with Gasteiger partial charge in [-0.05, 0) is 5.56 Å². The Morgan fingerprint density at radius 1 is 1.23 bits per heavy atom. The number of aliphatic carboxylic acids is 1. The second kappa shape index (κ2) is 6.47. The first kappa shape index (κ1) is 16.8. The molecule has 0 fully saturated rings. The maximum absolute atomic E-state index is 11.0. The summed E-state index contributed by atoms with van der Waals surface area (Å²) in [5.74, 6) is -3.17. The number of carboxylic acid groups (broad SMARTS) is 1. The van der Waals surface area contributed by atoms with Gasteiger partial charge in [-0.15, -0.1) is 0 Å². The second-order valence-electron chi connectivity index (χ2n) is 4.29. The Hall–Kier alpha value is -3.24. The van der Waals surface area contributed by atoms with Crippen LogP contribution in [0.4, 0.5) is 11.4 Å². The molecule has 1 amide bonds. The molecule has 1 rings (SSSR count). The number of nitrogens with one attached hydrogen (secondary N) is 1. The summed E-state index contributed by atoms with van der Waals surface area (Å²) in [4.78, 5) is 41.4. The van der Waals surface area contributed by atoms with Crippen molar-refractivity contribution in [2.45, 2.75) is 19.4 Å². The van der Waals surface area contributed by atoms with Crippen LogP contribution in [0.25, 0.3) is 0 Å². The van der Waals surface area contributed by atoms with Gasteiger partial charge < -0.3 is 15.5 Å². The average Bonchev–Trinajstić information content (AvgIpc) is 2.38. The van der Waals surface area contributed by atoms with Crippen LogP contribution in [0.1, 0.15) is 12.5 Å². The van der Waals surface area contributed by atoms with Gasteiger partial charge >= 0.3 is 17.3 Å². The second-order valence-corrected chi connectivity index (χ2v) is 4.29. The van der Waals surface area contributed by atoms with E-state index >= 15 is 0 Å². The standard InChI is InChI=1S/C11H11N3O8/c1-5(15)12-7(11(17)18)2-6-3-8(13(19)20)10(16)9(4-6)14(21)22/h3-4,7,16H,2H2,1H3,(H,12,15)(H,17,18)/t7-/m1/s1. The number of aromatic hydroxyl groups is 1. The monoisotopic (exact) mass is 313 g/mol.